The number of esters is 1. The maximum Gasteiger partial charge on any atom is 0.364 e. The summed E-state index contributed by atoms with van der Waals surface area (Å²) in [6.45, 7) is -5.49. The van der Waals surface area contributed by atoms with Crippen LogP contribution in [0, 0.1) is 0 Å². The molecule has 1 aromatic carbocycles. The first kappa shape index (κ1) is 15.4. The van der Waals surface area contributed by atoms with Gasteiger partial charge in [0, 0.05) is 21.2 Å². The van der Waals surface area contributed by atoms with E-state index < -0.39 is 59.5 Å². The Balaban J connectivity index is 2.09. The lowest BCUT2D eigenvalue weighted by molar-refractivity contribution is 0.0514. The predicted molar refractivity (Wildman–Crippen MR) is 115 cm³/mol. The van der Waals surface area contributed by atoms with E-state index in [1.165, 1.54) is 6.92 Å². The molecule has 3 rings (SSSR count). The molecule has 0 radical (unpaired) electrons. The molecule has 0 aliphatic rings. The van der Waals surface area contributed by atoms with Crippen LogP contribution < -0.4 is 21.5 Å². The van der Waals surface area contributed by atoms with Crippen LogP contribution in [0.5, 0.6) is 11.6 Å². The lowest BCUT2D eigenvalue weighted by Gasteiger charge is -2.12. The van der Waals surface area contributed by atoms with Crippen molar-refractivity contribution in [3.8, 4) is 17.3 Å². The van der Waals surface area contributed by atoms with Crippen LogP contribution in [-0.2, 0) is 4.74 Å². The Hall–Kier alpha value is -3.44. The Morgan fingerprint density at radius 3 is 2.53 bits per heavy atom. The fourth-order valence-electron chi connectivity index (χ4n) is 2.40. The maximum atomic E-state index is 12.3. The summed E-state index contributed by atoms with van der Waals surface area (Å²) in [4.78, 5) is 50.5. The van der Waals surface area contributed by atoms with Crippen LogP contribution in [0.4, 0.5) is 0 Å². The highest BCUT2D eigenvalue weighted by Crippen LogP contribution is 2.37. The topological polar surface area (TPSA) is 149 Å². The summed E-state index contributed by atoms with van der Waals surface area (Å²) in [7, 11) is 0. The number of rotatable bonds is 6. The minimum atomic E-state index is -3.46. The number of halogens is 2. The summed E-state index contributed by atoms with van der Waals surface area (Å²) >= 11 is 12.5. The minimum absolute atomic E-state index is 0.0661. The smallest absolute Gasteiger partial charge is 0.364 e. The van der Waals surface area contributed by atoms with Gasteiger partial charge in [-0.25, -0.2) is 14.7 Å². The van der Waals surface area contributed by atoms with Gasteiger partial charge >= 0.3 is 11.7 Å². The van der Waals surface area contributed by atoms with E-state index in [-0.39, 0.29) is 28.1 Å². The van der Waals surface area contributed by atoms with Crippen LogP contribution in [0.1, 0.15) is 52.2 Å². The van der Waals surface area contributed by atoms with Crippen LogP contribution in [0.25, 0.3) is 5.69 Å². The number of carbonyl (C=O) groups excluding carboxylic acids is 1. The molecule has 0 fully saturated rings. The number of benzene rings is 1. The largest absolute Gasteiger partial charge is 0.461 e. The number of carbonyl (C=O) groups is 1. The average molecular weight is 489 g/mol. The zero-order valence-electron chi connectivity index (χ0n) is 23.0. The van der Waals surface area contributed by atoms with Gasteiger partial charge in [0.1, 0.15) is 0 Å². The quantitative estimate of drug-likeness (QED) is 0.502. The van der Waals surface area contributed by atoms with E-state index >= 15 is 0 Å². The molecule has 0 aliphatic heterocycles. The number of hydrogen-bond acceptors (Lipinski definition) is 8. The van der Waals surface area contributed by atoms with Gasteiger partial charge in [0.25, 0.3) is 11.1 Å². The molecule has 32 heavy (non-hydrogen) atoms. The number of nitrogens with zero attached hydrogens (tertiary/aromatic N) is 3. The van der Waals surface area contributed by atoms with Crippen molar-refractivity contribution in [1.29, 1.82) is 0 Å². The molecule has 0 bridgehead atoms. The highest BCUT2D eigenvalue weighted by atomic mass is 35.5. The highest BCUT2D eigenvalue weighted by Gasteiger charge is 2.19. The van der Waals surface area contributed by atoms with Gasteiger partial charge in [0.15, 0.2) is 5.75 Å². The zero-order valence-corrected chi connectivity index (χ0v) is 17.5. The summed E-state index contributed by atoms with van der Waals surface area (Å²) in [6, 6.07) is 2.85. The van der Waals surface area contributed by atoms with Crippen LogP contribution in [-0.4, -0.2) is 37.5 Å². The molecule has 2 N–H and O–H groups in total. The molecule has 0 amide bonds. The van der Waals surface area contributed by atoms with E-state index in [0.29, 0.717) is 10.7 Å². The zero-order chi connectivity index (χ0) is 29.5. The van der Waals surface area contributed by atoms with Gasteiger partial charge < -0.3 is 9.47 Å². The molecule has 2 aromatic heterocycles. The van der Waals surface area contributed by atoms with Crippen LogP contribution >= 0.6 is 23.2 Å². The predicted octanol–water partition coefficient (Wildman–Crippen LogP) is 2.40. The first-order valence-corrected chi connectivity index (χ1v) is 9.36. The van der Waals surface area contributed by atoms with E-state index in [9.17, 15) is 19.2 Å². The van der Waals surface area contributed by atoms with Gasteiger partial charge in [-0.3, -0.25) is 14.6 Å². The number of nitrogens with one attached hydrogen (secondary N) is 2. The molecule has 168 valence electrons. The van der Waals surface area contributed by atoms with E-state index in [0.717, 1.165) is 12.1 Å². The van der Waals surface area contributed by atoms with E-state index in [2.05, 4.69) is 10.2 Å². The van der Waals surface area contributed by atoms with Crippen molar-refractivity contribution < 1.29 is 23.9 Å². The first-order chi connectivity index (χ1) is 17.9. The Bertz CT molecular complexity index is 1580. The number of hydrogen-bond donors (Lipinski definition) is 2. The van der Waals surface area contributed by atoms with E-state index in [1.54, 1.807) is 0 Å². The molecule has 3 aromatic rings. The van der Waals surface area contributed by atoms with Crippen LogP contribution in [0.15, 0.2) is 32.6 Å². The van der Waals surface area contributed by atoms with Crippen molar-refractivity contribution in [2.45, 2.75) is 26.5 Å². The third kappa shape index (κ3) is 4.73. The fourth-order valence-corrected chi connectivity index (χ4v) is 2.96. The summed E-state index contributed by atoms with van der Waals surface area (Å²) < 4.78 is 64.5. The number of aromatic amines is 2. The number of aromatic nitrogens is 5. The van der Waals surface area contributed by atoms with E-state index in [4.69, 9.17) is 42.3 Å². The SMILES string of the molecule is [2H]C([2H])([2H])C([2H])(c1cc(Oc2c(Cl)cc(-n3nc(C(=O)OCC)c(=O)[nH]c3=O)cc2Cl)n[nH]c1=O)C([2H])([2H])[2H]. The standard InChI is InChI=1S/C19H17Cl2N5O6/c1-4-31-18(29)14-17(28)22-19(30)26(25-14)9-5-11(20)15(12(21)6-9)32-13-7-10(8(2)3)16(27)24-23-13/h5-8H,4H2,1-3H3,(H,24,27)(H,22,28,30)/i2D3,3D3,8D. The second-order valence-electron chi connectivity index (χ2n) is 5.90. The molecule has 0 saturated heterocycles. The molecular weight excluding hydrogens is 465 g/mol. The first-order valence-electron chi connectivity index (χ1n) is 12.1. The second-order valence-corrected chi connectivity index (χ2v) is 6.72. The Morgan fingerprint density at radius 1 is 1.22 bits per heavy atom. The van der Waals surface area contributed by atoms with Gasteiger partial charge in [0.05, 0.1) is 22.3 Å². The molecule has 0 saturated carbocycles. The monoisotopic (exact) mass is 488 g/mol. The number of H-pyrrole nitrogens is 2. The summed E-state index contributed by atoms with van der Waals surface area (Å²) in [6.07, 6.45) is 0. The summed E-state index contributed by atoms with van der Waals surface area (Å²) in [5.74, 6) is -5.35. The van der Waals surface area contributed by atoms with Crippen molar-refractivity contribution in [1.82, 2.24) is 25.0 Å². The molecule has 11 nitrogen and oxygen atoms in total. The molecule has 0 unspecified atom stereocenters. The maximum absolute atomic E-state index is 12.3. The second kappa shape index (κ2) is 9.37. The Kier molecular flexibility index (Phi) is 4.50. The van der Waals surface area contributed by atoms with E-state index in [1.807, 2.05) is 10.1 Å². The molecule has 0 spiro atoms. The van der Waals surface area contributed by atoms with Crippen molar-refractivity contribution >= 4 is 29.2 Å². The third-order valence-corrected chi connectivity index (χ3v) is 4.34. The van der Waals surface area contributed by atoms with Gasteiger partial charge in [-0.15, -0.1) is 5.10 Å². The molecule has 0 aliphatic carbocycles. The lowest BCUT2D eigenvalue weighted by atomic mass is 10.1. The molecule has 2 heterocycles. The summed E-state index contributed by atoms with van der Waals surface area (Å²) in [5.41, 5.74) is -5.23. The van der Waals surface area contributed by atoms with Crippen molar-refractivity contribution in [2.24, 2.45) is 0 Å². The Labute approximate surface area is 199 Å². The van der Waals surface area contributed by atoms with Crippen molar-refractivity contribution in [3.63, 3.8) is 0 Å². The average Bonchev–Trinajstić information content (AvgIpc) is 2.80. The van der Waals surface area contributed by atoms with Gasteiger partial charge in [0.2, 0.25) is 11.6 Å². The lowest BCUT2D eigenvalue weighted by Crippen LogP contribution is -2.36. The van der Waals surface area contributed by atoms with Gasteiger partial charge in [-0.2, -0.15) is 9.78 Å². The van der Waals surface area contributed by atoms with Gasteiger partial charge in [-0.1, -0.05) is 36.9 Å². The van der Waals surface area contributed by atoms with Crippen molar-refractivity contribution in [3.05, 3.63) is 70.7 Å². The molecule has 13 heteroatoms. The van der Waals surface area contributed by atoms with Crippen LogP contribution in [0.2, 0.25) is 10.0 Å². The summed E-state index contributed by atoms with van der Waals surface area (Å²) in [5, 5.41) is 8.55. The minimum Gasteiger partial charge on any atom is -0.461 e. The Morgan fingerprint density at radius 2 is 1.91 bits per heavy atom. The normalized spacial score (nSPS) is 15.3. The molecular formula is C19H17Cl2N5O6. The molecule has 0 atom stereocenters. The fraction of sp³-hybridized carbons (Fsp3) is 0.263. The van der Waals surface area contributed by atoms with Crippen LogP contribution in [0.3, 0.4) is 0 Å². The third-order valence-electron chi connectivity index (χ3n) is 3.78. The highest BCUT2D eigenvalue weighted by molar-refractivity contribution is 6.37. The van der Waals surface area contributed by atoms with Gasteiger partial charge in [-0.05, 0) is 25.0 Å². The number of ether oxygens (including phenoxy) is 2. The van der Waals surface area contributed by atoms with Crippen molar-refractivity contribution in [2.75, 3.05) is 6.61 Å².